The molecule has 94 valence electrons. The first-order chi connectivity index (χ1) is 8.58. The van der Waals surface area contributed by atoms with Gasteiger partial charge in [0.15, 0.2) is 5.16 Å². The second-order valence-corrected chi connectivity index (χ2v) is 5.72. The summed E-state index contributed by atoms with van der Waals surface area (Å²) in [5.74, 6) is 0.699. The van der Waals surface area contributed by atoms with Crippen molar-refractivity contribution in [3.05, 3.63) is 39.5 Å². The van der Waals surface area contributed by atoms with E-state index in [2.05, 4.69) is 31.2 Å². The zero-order chi connectivity index (χ0) is 13.1. The van der Waals surface area contributed by atoms with Crippen molar-refractivity contribution < 1.29 is 0 Å². The summed E-state index contributed by atoms with van der Waals surface area (Å²) in [6.45, 7) is 2.03. The van der Waals surface area contributed by atoms with E-state index < -0.39 is 0 Å². The normalized spacial score (nSPS) is 10.4. The fourth-order valence-electron chi connectivity index (χ4n) is 1.46. The highest BCUT2D eigenvalue weighted by atomic mass is 79.9. The van der Waals surface area contributed by atoms with E-state index in [0.29, 0.717) is 16.1 Å². The largest absolute Gasteiger partial charge is 0.340 e. The van der Waals surface area contributed by atoms with Gasteiger partial charge in [0.1, 0.15) is 11.0 Å². The van der Waals surface area contributed by atoms with Crippen LogP contribution in [0.5, 0.6) is 0 Å². The summed E-state index contributed by atoms with van der Waals surface area (Å²) >= 11 is 10.8. The Labute approximate surface area is 124 Å². The minimum atomic E-state index is 0.437. The highest BCUT2D eigenvalue weighted by Gasteiger charge is 2.04. The van der Waals surface area contributed by atoms with Crippen LogP contribution in [0.25, 0.3) is 0 Å². The lowest BCUT2D eigenvalue weighted by atomic mass is 10.2. The van der Waals surface area contributed by atoms with Crippen molar-refractivity contribution in [1.29, 1.82) is 0 Å². The van der Waals surface area contributed by atoms with Crippen LogP contribution < -0.4 is 5.32 Å². The van der Waals surface area contributed by atoms with Gasteiger partial charge in [-0.1, -0.05) is 39.3 Å². The molecule has 0 aliphatic heterocycles. The van der Waals surface area contributed by atoms with Gasteiger partial charge in [0.2, 0.25) is 0 Å². The van der Waals surface area contributed by atoms with Crippen molar-refractivity contribution in [2.75, 3.05) is 11.6 Å². The van der Waals surface area contributed by atoms with Gasteiger partial charge in [-0.2, -0.15) is 0 Å². The van der Waals surface area contributed by atoms with E-state index in [1.165, 1.54) is 11.8 Å². The summed E-state index contributed by atoms with van der Waals surface area (Å²) in [6.07, 6.45) is 1.92. The molecule has 0 spiro atoms. The summed E-state index contributed by atoms with van der Waals surface area (Å²) in [6, 6.07) is 7.73. The van der Waals surface area contributed by atoms with Crippen molar-refractivity contribution in [2.45, 2.75) is 12.1 Å². The van der Waals surface area contributed by atoms with Crippen LogP contribution in [0.1, 0.15) is 5.56 Å². The number of aryl methyl sites for hydroxylation is 1. The van der Waals surface area contributed by atoms with E-state index in [0.717, 1.165) is 15.7 Å². The number of rotatable bonds is 3. The summed E-state index contributed by atoms with van der Waals surface area (Å²) in [5.41, 5.74) is 2.13. The second-order valence-electron chi connectivity index (χ2n) is 3.65. The molecule has 0 fully saturated rings. The molecule has 6 heteroatoms. The van der Waals surface area contributed by atoms with Gasteiger partial charge >= 0.3 is 0 Å². The molecule has 0 aliphatic carbocycles. The molecular weight excluding hydrogens is 334 g/mol. The van der Waals surface area contributed by atoms with E-state index in [9.17, 15) is 0 Å². The van der Waals surface area contributed by atoms with Crippen molar-refractivity contribution in [3.63, 3.8) is 0 Å². The molecular formula is C12H11BrClN3S. The highest BCUT2D eigenvalue weighted by molar-refractivity contribution is 9.10. The Hall–Kier alpha value is -0.780. The monoisotopic (exact) mass is 343 g/mol. The fourth-order valence-corrected chi connectivity index (χ4v) is 2.55. The highest BCUT2D eigenvalue weighted by Crippen LogP contribution is 2.25. The molecule has 2 aromatic rings. The number of hydrogen-bond donors (Lipinski definition) is 1. The molecule has 0 bridgehead atoms. The van der Waals surface area contributed by atoms with Crippen LogP contribution in [-0.2, 0) is 0 Å². The van der Waals surface area contributed by atoms with Gasteiger partial charge in [0, 0.05) is 16.2 Å². The third-order valence-electron chi connectivity index (χ3n) is 2.31. The van der Waals surface area contributed by atoms with E-state index in [1.54, 1.807) is 6.07 Å². The Balaban J connectivity index is 2.30. The smallest absolute Gasteiger partial charge is 0.190 e. The van der Waals surface area contributed by atoms with Crippen LogP contribution in [-0.4, -0.2) is 16.2 Å². The topological polar surface area (TPSA) is 37.8 Å². The van der Waals surface area contributed by atoms with Gasteiger partial charge in [-0.15, -0.1) is 0 Å². The second kappa shape index (κ2) is 5.91. The fraction of sp³-hybridized carbons (Fsp3) is 0.167. The maximum atomic E-state index is 5.95. The zero-order valence-corrected chi connectivity index (χ0v) is 13.0. The standard InChI is InChI=1S/C12H11BrClN3S/c1-7-5-8(13)3-4-9(7)15-11-6-10(14)16-12(17-11)18-2/h3-6H,1-2H3,(H,15,16,17). The molecule has 18 heavy (non-hydrogen) atoms. The molecule has 2 rings (SSSR count). The molecule has 1 aromatic heterocycles. The number of nitrogens with zero attached hydrogens (tertiary/aromatic N) is 2. The quantitative estimate of drug-likeness (QED) is 0.499. The number of halogens is 2. The van der Waals surface area contributed by atoms with Gasteiger partial charge in [-0.25, -0.2) is 9.97 Å². The molecule has 0 amide bonds. The first kappa shape index (κ1) is 13.6. The maximum Gasteiger partial charge on any atom is 0.190 e. The van der Waals surface area contributed by atoms with Crippen molar-refractivity contribution >= 4 is 50.8 Å². The maximum absolute atomic E-state index is 5.95. The lowest BCUT2D eigenvalue weighted by Gasteiger charge is -2.10. The summed E-state index contributed by atoms with van der Waals surface area (Å²) < 4.78 is 1.05. The predicted molar refractivity (Wildman–Crippen MR) is 81.0 cm³/mol. The number of thioether (sulfide) groups is 1. The number of aromatic nitrogens is 2. The average molecular weight is 345 g/mol. The van der Waals surface area contributed by atoms with Crippen LogP contribution in [0, 0.1) is 6.92 Å². The van der Waals surface area contributed by atoms with E-state index in [-0.39, 0.29) is 0 Å². The molecule has 0 atom stereocenters. The molecule has 0 saturated carbocycles. The van der Waals surface area contributed by atoms with Crippen LogP contribution in [0.15, 0.2) is 33.9 Å². The van der Waals surface area contributed by atoms with E-state index in [1.807, 2.05) is 31.4 Å². The van der Waals surface area contributed by atoms with Crippen molar-refractivity contribution in [1.82, 2.24) is 9.97 Å². The SMILES string of the molecule is CSc1nc(Cl)cc(Nc2ccc(Br)cc2C)n1. The van der Waals surface area contributed by atoms with Gasteiger partial charge in [-0.3, -0.25) is 0 Å². The Morgan fingerprint density at radius 2 is 2.06 bits per heavy atom. The van der Waals surface area contributed by atoms with Gasteiger partial charge in [0.25, 0.3) is 0 Å². The molecule has 3 nitrogen and oxygen atoms in total. The summed E-state index contributed by atoms with van der Waals surface area (Å²) in [4.78, 5) is 8.46. The van der Waals surface area contributed by atoms with Gasteiger partial charge in [-0.05, 0) is 36.9 Å². The Bertz CT molecular complexity index is 577. The number of anilines is 2. The van der Waals surface area contributed by atoms with Crippen LogP contribution in [0.4, 0.5) is 11.5 Å². The van der Waals surface area contributed by atoms with Crippen LogP contribution >= 0.6 is 39.3 Å². The molecule has 0 saturated heterocycles. The van der Waals surface area contributed by atoms with E-state index in [4.69, 9.17) is 11.6 Å². The Morgan fingerprint density at radius 1 is 1.28 bits per heavy atom. The molecule has 0 unspecified atom stereocenters. The lowest BCUT2D eigenvalue weighted by Crippen LogP contribution is -1.98. The molecule has 1 N–H and O–H groups in total. The lowest BCUT2D eigenvalue weighted by molar-refractivity contribution is 0.976. The molecule has 0 aliphatic rings. The number of benzene rings is 1. The molecule has 1 aromatic carbocycles. The summed E-state index contributed by atoms with van der Waals surface area (Å²) in [5, 5.41) is 4.33. The first-order valence-electron chi connectivity index (χ1n) is 5.20. The molecule has 0 radical (unpaired) electrons. The van der Waals surface area contributed by atoms with Crippen LogP contribution in [0.2, 0.25) is 5.15 Å². The zero-order valence-electron chi connectivity index (χ0n) is 9.87. The molecule has 1 heterocycles. The minimum Gasteiger partial charge on any atom is -0.340 e. The predicted octanol–water partition coefficient (Wildman–Crippen LogP) is 4.67. The third kappa shape index (κ3) is 3.37. The summed E-state index contributed by atoms with van der Waals surface area (Å²) in [7, 11) is 0. The van der Waals surface area contributed by atoms with Crippen molar-refractivity contribution in [3.8, 4) is 0 Å². The third-order valence-corrected chi connectivity index (χ3v) is 3.54. The van der Waals surface area contributed by atoms with Gasteiger partial charge < -0.3 is 5.32 Å². The minimum absolute atomic E-state index is 0.437. The van der Waals surface area contributed by atoms with E-state index >= 15 is 0 Å². The number of hydrogen-bond acceptors (Lipinski definition) is 4. The first-order valence-corrected chi connectivity index (χ1v) is 7.60. The number of nitrogens with one attached hydrogen (secondary N) is 1. The van der Waals surface area contributed by atoms with Gasteiger partial charge in [0.05, 0.1) is 0 Å². The van der Waals surface area contributed by atoms with Crippen molar-refractivity contribution in [2.24, 2.45) is 0 Å². The van der Waals surface area contributed by atoms with Crippen LogP contribution in [0.3, 0.4) is 0 Å². The Kier molecular flexibility index (Phi) is 4.48. The Morgan fingerprint density at radius 3 is 2.72 bits per heavy atom. The average Bonchev–Trinajstić information content (AvgIpc) is 2.32.